The predicted molar refractivity (Wildman–Crippen MR) is 120 cm³/mol. The smallest absolute Gasteiger partial charge is 0.209 e. The fraction of sp³-hybridized carbons (Fsp3) is 0.308. The third-order valence-corrected chi connectivity index (χ3v) is 5.81. The second kappa shape index (κ2) is 7.35. The number of benzene rings is 2. The van der Waals surface area contributed by atoms with Gasteiger partial charge in [0.15, 0.2) is 5.71 Å². The van der Waals surface area contributed by atoms with Crippen LogP contribution in [0.3, 0.4) is 0 Å². The van der Waals surface area contributed by atoms with E-state index in [1.54, 1.807) is 0 Å². The van der Waals surface area contributed by atoms with Crippen LogP contribution >= 0.6 is 0 Å². The Balaban J connectivity index is 0.000000932. The Kier molecular flexibility index (Phi) is 4.89. The van der Waals surface area contributed by atoms with Crippen molar-refractivity contribution in [2.24, 2.45) is 0 Å². The molecule has 5 rings (SSSR count). The highest BCUT2D eigenvalue weighted by Crippen LogP contribution is 2.44. The maximum Gasteiger partial charge on any atom is 0.209 e. The van der Waals surface area contributed by atoms with Gasteiger partial charge >= 0.3 is 0 Å². The molecule has 0 saturated heterocycles. The quantitative estimate of drug-likeness (QED) is 0.446. The normalized spacial score (nSPS) is 18.5. The molecule has 0 atom stereocenters. The Hall–Kier alpha value is -2.74. The molecule has 0 radical (unpaired) electrons. The largest absolute Gasteiger partial charge is 0.256 e. The number of hydrogen-bond acceptors (Lipinski definition) is 1. The van der Waals surface area contributed by atoms with E-state index in [2.05, 4.69) is 78.0 Å². The monoisotopic (exact) mass is 369 g/mol. The van der Waals surface area contributed by atoms with Crippen LogP contribution in [0.15, 0.2) is 66.4 Å². The minimum atomic E-state index is 0.0487. The first-order chi connectivity index (χ1) is 13.6. The van der Waals surface area contributed by atoms with Crippen LogP contribution in [0.4, 0.5) is 5.69 Å². The van der Waals surface area contributed by atoms with Crippen LogP contribution in [-0.2, 0) is 5.41 Å². The zero-order chi connectivity index (χ0) is 19.7. The molecule has 2 aromatic carbocycles. The maximum atomic E-state index is 4.64. The van der Waals surface area contributed by atoms with E-state index in [-0.39, 0.29) is 5.41 Å². The highest BCUT2D eigenvalue weighted by Gasteiger charge is 2.48. The van der Waals surface area contributed by atoms with Crippen molar-refractivity contribution in [1.29, 1.82) is 0 Å². The summed E-state index contributed by atoms with van der Waals surface area (Å²) in [5.74, 6) is 0. The first-order valence-electron chi connectivity index (χ1n) is 10.4. The molecule has 3 aromatic rings. The number of pyridine rings is 1. The zero-order valence-electron chi connectivity index (χ0n) is 17.4. The molecular formula is C26H29N2+. The lowest BCUT2D eigenvalue weighted by Crippen LogP contribution is -2.33. The van der Waals surface area contributed by atoms with Gasteiger partial charge in [-0.1, -0.05) is 50.2 Å². The van der Waals surface area contributed by atoms with E-state index < -0.39 is 0 Å². The van der Waals surface area contributed by atoms with E-state index >= 15 is 0 Å². The highest BCUT2D eigenvalue weighted by molar-refractivity contribution is 6.10. The van der Waals surface area contributed by atoms with Gasteiger partial charge in [-0.05, 0) is 44.0 Å². The van der Waals surface area contributed by atoms with Gasteiger partial charge in [-0.3, -0.25) is 4.98 Å². The molecule has 2 aliphatic rings. The topological polar surface area (TPSA) is 15.9 Å². The number of para-hydroxylation sites is 2. The number of allylic oxidation sites excluding steroid dienone is 1. The Labute approximate surface area is 168 Å². The van der Waals surface area contributed by atoms with Gasteiger partial charge in [-0.2, -0.15) is 4.58 Å². The lowest BCUT2D eigenvalue weighted by Gasteiger charge is -2.22. The molecule has 142 valence electrons. The average Bonchev–Trinajstić information content (AvgIpc) is 2.98. The Bertz CT molecular complexity index is 1090. The summed E-state index contributed by atoms with van der Waals surface area (Å²) in [4.78, 5) is 4.64. The van der Waals surface area contributed by atoms with E-state index in [4.69, 9.17) is 0 Å². The van der Waals surface area contributed by atoms with Crippen LogP contribution in [0.2, 0.25) is 0 Å². The van der Waals surface area contributed by atoms with Gasteiger partial charge in [0.05, 0.1) is 10.9 Å². The zero-order valence-corrected chi connectivity index (χ0v) is 17.4. The summed E-state index contributed by atoms with van der Waals surface area (Å²) in [6, 6.07) is 19.5. The number of hydrogen-bond donors (Lipinski definition) is 0. The average molecular weight is 370 g/mol. The van der Waals surface area contributed by atoms with Crippen molar-refractivity contribution < 1.29 is 4.58 Å². The fourth-order valence-corrected chi connectivity index (χ4v) is 4.68. The molecule has 2 nitrogen and oxygen atoms in total. The van der Waals surface area contributed by atoms with Crippen molar-refractivity contribution in [1.82, 2.24) is 4.98 Å². The summed E-state index contributed by atoms with van der Waals surface area (Å²) in [6.07, 6.45) is 6.69. The SMILES string of the molecule is CC.CC1(C)C2=[N+](CCC/C2=C\c2cnc3ccccc3c2)c2ccccc21. The highest BCUT2D eigenvalue weighted by atomic mass is 15.1. The van der Waals surface area contributed by atoms with E-state index in [0.29, 0.717) is 0 Å². The molecule has 3 heterocycles. The van der Waals surface area contributed by atoms with Crippen molar-refractivity contribution in [2.45, 2.75) is 46.0 Å². The molecule has 0 unspecified atom stereocenters. The van der Waals surface area contributed by atoms with Crippen LogP contribution in [0, 0.1) is 0 Å². The third-order valence-electron chi connectivity index (χ3n) is 5.81. The third kappa shape index (κ3) is 2.97. The molecule has 0 N–H and O–H groups in total. The number of rotatable bonds is 1. The van der Waals surface area contributed by atoms with Crippen molar-refractivity contribution in [2.75, 3.05) is 6.54 Å². The molecule has 2 aliphatic heterocycles. The number of nitrogens with zero attached hydrogens (tertiary/aromatic N) is 2. The van der Waals surface area contributed by atoms with Gasteiger partial charge < -0.3 is 0 Å². The van der Waals surface area contributed by atoms with Crippen LogP contribution in [-0.4, -0.2) is 21.8 Å². The summed E-state index contributed by atoms with van der Waals surface area (Å²) in [5, 5.41) is 1.20. The Morgan fingerprint density at radius 1 is 1.00 bits per heavy atom. The molecule has 0 saturated carbocycles. The fourth-order valence-electron chi connectivity index (χ4n) is 4.68. The molecule has 0 aliphatic carbocycles. The van der Waals surface area contributed by atoms with Crippen LogP contribution < -0.4 is 0 Å². The molecule has 0 fully saturated rings. The molecule has 2 heteroatoms. The van der Waals surface area contributed by atoms with Crippen LogP contribution in [0.25, 0.3) is 17.0 Å². The van der Waals surface area contributed by atoms with Gasteiger partial charge in [0.25, 0.3) is 0 Å². The van der Waals surface area contributed by atoms with Gasteiger partial charge in [0, 0.05) is 35.2 Å². The number of aromatic nitrogens is 1. The molecule has 1 aromatic heterocycles. The van der Waals surface area contributed by atoms with Crippen molar-refractivity contribution in [3.63, 3.8) is 0 Å². The molecule has 0 bridgehead atoms. The summed E-state index contributed by atoms with van der Waals surface area (Å²) >= 11 is 0. The van der Waals surface area contributed by atoms with Crippen molar-refractivity contribution in [3.8, 4) is 0 Å². The standard InChI is InChI=1S/C24H23N2.C2H6/c1-24(2)20-10-4-6-12-22(20)26-13-7-9-19(23(24)26)15-17-14-18-8-3-5-11-21(18)25-16-17;1-2/h3-6,8,10-12,14-16H,7,9,13H2,1-2H3;1-2H3/q+1;. The van der Waals surface area contributed by atoms with E-state index in [0.717, 1.165) is 18.5 Å². The van der Waals surface area contributed by atoms with E-state index in [1.807, 2.05) is 26.1 Å². The van der Waals surface area contributed by atoms with Crippen LogP contribution in [0.5, 0.6) is 0 Å². The Morgan fingerprint density at radius 3 is 2.61 bits per heavy atom. The van der Waals surface area contributed by atoms with Gasteiger partial charge in [0.2, 0.25) is 5.69 Å². The molecule has 0 amide bonds. The first kappa shape index (κ1) is 18.6. The van der Waals surface area contributed by atoms with Gasteiger partial charge in [-0.15, -0.1) is 0 Å². The summed E-state index contributed by atoms with van der Waals surface area (Å²) in [6.45, 7) is 9.83. The predicted octanol–water partition coefficient (Wildman–Crippen LogP) is 6.51. The van der Waals surface area contributed by atoms with Crippen LogP contribution in [0.1, 0.15) is 51.7 Å². The Morgan fingerprint density at radius 2 is 1.75 bits per heavy atom. The summed E-state index contributed by atoms with van der Waals surface area (Å²) in [7, 11) is 0. The molecular weight excluding hydrogens is 340 g/mol. The van der Waals surface area contributed by atoms with E-state index in [9.17, 15) is 0 Å². The second-order valence-corrected chi connectivity index (χ2v) is 7.88. The van der Waals surface area contributed by atoms with Crippen molar-refractivity contribution >= 4 is 28.4 Å². The minimum Gasteiger partial charge on any atom is -0.256 e. The summed E-state index contributed by atoms with van der Waals surface area (Å²) in [5.41, 5.74) is 8.05. The van der Waals surface area contributed by atoms with Gasteiger partial charge in [-0.25, -0.2) is 0 Å². The molecule has 0 spiro atoms. The summed E-state index contributed by atoms with van der Waals surface area (Å²) < 4.78 is 2.54. The maximum absolute atomic E-state index is 4.64. The van der Waals surface area contributed by atoms with Crippen molar-refractivity contribution in [3.05, 3.63) is 77.5 Å². The lowest BCUT2D eigenvalue weighted by molar-refractivity contribution is -0.441. The lowest BCUT2D eigenvalue weighted by atomic mass is 9.77. The first-order valence-corrected chi connectivity index (χ1v) is 10.4. The number of fused-ring (bicyclic) bond motifs is 3. The van der Waals surface area contributed by atoms with Gasteiger partial charge in [0.1, 0.15) is 6.54 Å². The van der Waals surface area contributed by atoms with E-state index in [1.165, 1.54) is 39.9 Å². The molecule has 28 heavy (non-hydrogen) atoms. The second-order valence-electron chi connectivity index (χ2n) is 7.88. The minimum absolute atomic E-state index is 0.0487.